The highest BCUT2D eigenvalue weighted by molar-refractivity contribution is 5.74. The van der Waals surface area contributed by atoms with Crippen molar-refractivity contribution in [1.82, 2.24) is 19.8 Å². The van der Waals surface area contributed by atoms with Gasteiger partial charge in [0.2, 0.25) is 0 Å². The van der Waals surface area contributed by atoms with Gasteiger partial charge in [0.25, 0.3) is 0 Å². The number of carbonyl (C=O) groups excluding carboxylic acids is 1. The van der Waals surface area contributed by atoms with E-state index in [4.69, 9.17) is 4.74 Å². The lowest BCUT2D eigenvalue weighted by Gasteiger charge is -2.33. The first-order valence-electron chi connectivity index (χ1n) is 9.36. The molecule has 1 aromatic heterocycles. The number of likely N-dealkylation sites (tertiary alicyclic amines) is 1. The molecule has 1 N–H and O–H groups in total. The molecule has 0 aliphatic carbocycles. The van der Waals surface area contributed by atoms with Crippen LogP contribution in [0, 0.1) is 5.92 Å². The lowest BCUT2D eigenvalue weighted by atomic mass is 9.98. The Balaban J connectivity index is 1.37. The molecule has 2 amide bonds. The van der Waals surface area contributed by atoms with E-state index in [1.165, 1.54) is 12.0 Å². The fraction of sp³-hybridized carbons (Fsp3) is 0.500. The zero-order chi connectivity index (χ0) is 18.2. The summed E-state index contributed by atoms with van der Waals surface area (Å²) in [6, 6.07) is 8.16. The van der Waals surface area contributed by atoms with Gasteiger partial charge in [-0.3, -0.25) is 0 Å². The van der Waals surface area contributed by atoms with Gasteiger partial charge < -0.3 is 19.5 Å². The number of aromatic nitrogens is 2. The maximum Gasteiger partial charge on any atom is 0.317 e. The van der Waals surface area contributed by atoms with Crippen molar-refractivity contribution in [3.63, 3.8) is 0 Å². The van der Waals surface area contributed by atoms with E-state index in [0.29, 0.717) is 12.5 Å². The number of nitrogens with one attached hydrogen (secondary N) is 1. The monoisotopic (exact) mass is 356 g/mol. The number of piperidine rings is 1. The number of carbonyl (C=O) groups is 1. The fourth-order valence-electron chi connectivity index (χ4n) is 3.48. The van der Waals surface area contributed by atoms with Crippen molar-refractivity contribution in [1.29, 1.82) is 0 Å². The van der Waals surface area contributed by atoms with E-state index >= 15 is 0 Å². The van der Waals surface area contributed by atoms with Crippen molar-refractivity contribution in [2.45, 2.75) is 32.2 Å². The summed E-state index contributed by atoms with van der Waals surface area (Å²) in [5.74, 6) is 1.38. The van der Waals surface area contributed by atoms with Gasteiger partial charge in [-0.05, 0) is 49.3 Å². The molecular weight excluding hydrogens is 328 g/mol. The molecule has 6 heteroatoms. The normalized spacial score (nSPS) is 17.1. The third kappa shape index (κ3) is 5.25. The van der Waals surface area contributed by atoms with Gasteiger partial charge >= 0.3 is 6.03 Å². The molecule has 140 valence electrons. The largest absolute Gasteiger partial charge is 0.497 e. The van der Waals surface area contributed by atoms with Gasteiger partial charge in [0.15, 0.2) is 0 Å². The summed E-state index contributed by atoms with van der Waals surface area (Å²) in [6.45, 7) is 3.31. The number of aryl methyl sites for hydroxylation is 1. The average Bonchev–Trinajstić information content (AvgIpc) is 3.19. The van der Waals surface area contributed by atoms with Crippen LogP contribution in [0.25, 0.3) is 0 Å². The molecule has 1 atom stereocenters. The van der Waals surface area contributed by atoms with E-state index < -0.39 is 0 Å². The third-order valence-corrected chi connectivity index (χ3v) is 4.91. The Bertz CT molecular complexity index is 670. The second-order valence-electron chi connectivity index (χ2n) is 6.90. The Morgan fingerprint density at radius 3 is 2.92 bits per heavy atom. The molecule has 0 spiro atoms. The molecule has 0 saturated carbocycles. The highest BCUT2D eigenvalue weighted by Crippen LogP contribution is 2.18. The van der Waals surface area contributed by atoms with Gasteiger partial charge in [-0.25, -0.2) is 9.78 Å². The summed E-state index contributed by atoms with van der Waals surface area (Å²) in [6.07, 6.45) is 9.75. The number of rotatable bonds is 7. The van der Waals surface area contributed by atoms with Crippen molar-refractivity contribution in [2.24, 2.45) is 5.92 Å². The zero-order valence-electron chi connectivity index (χ0n) is 15.4. The first-order valence-corrected chi connectivity index (χ1v) is 9.36. The van der Waals surface area contributed by atoms with E-state index in [9.17, 15) is 4.79 Å². The molecule has 2 aromatic rings. The van der Waals surface area contributed by atoms with Crippen LogP contribution in [0.5, 0.6) is 5.75 Å². The van der Waals surface area contributed by atoms with E-state index in [-0.39, 0.29) is 6.03 Å². The van der Waals surface area contributed by atoms with Crippen molar-refractivity contribution in [2.75, 3.05) is 26.7 Å². The minimum Gasteiger partial charge on any atom is -0.497 e. The first-order chi connectivity index (χ1) is 12.7. The number of benzene rings is 1. The van der Waals surface area contributed by atoms with Crippen LogP contribution in [0.1, 0.15) is 24.8 Å². The van der Waals surface area contributed by atoms with E-state index in [0.717, 1.165) is 44.6 Å². The number of methoxy groups -OCH3 is 1. The van der Waals surface area contributed by atoms with Crippen molar-refractivity contribution >= 4 is 6.03 Å². The Morgan fingerprint density at radius 2 is 2.19 bits per heavy atom. The summed E-state index contributed by atoms with van der Waals surface area (Å²) >= 11 is 0. The molecule has 0 radical (unpaired) electrons. The molecule has 1 fully saturated rings. The Kier molecular flexibility index (Phi) is 6.52. The second kappa shape index (κ2) is 9.27. The molecule has 2 heterocycles. The average molecular weight is 356 g/mol. The Morgan fingerprint density at radius 1 is 1.35 bits per heavy atom. The minimum absolute atomic E-state index is 0.0649. The molecule has 1 saturated heterocycles. The summed E-state index contributed by atoms with van der Waals surface area (Å²) in [4.78, 5) is 18.5. The fourth-order valence-corrected chi connectivity index (χ4v) is 3.48. The third-order valence-electron chi connectivity index (χ3n) is 4.91. The maximum absolute atomic E-state index is 12.4. The summed E-state index contributed by atoms with van der Waals surface area (Å²) < 4.78 is 7.27. The first kappa shape index (κ1) is 18.3. The van der Waals surface area contributed by atoms with Crippen molar-refractivity contribution < 1.29 is 9.53 Å². The van der Waals surface area contributed by atoms with Crippen molar-refractivity contribution in [3.8, 4) is 5.75 Å². The van der Waals surface area contributed by atoms with Crippen LogP contribution in [0.2, 0.25) is 0 Å². The number of urea groups is 1. The number of imidazole rings is 1. The summed E-state index contributed by atoms with van der Waals surface area (Å²) in [7, 11) is 1.67. The highest BCUT2D eigenvalue weighted by Gasteiger charge is 2.23. The number of ether oxygens (including phenoxy) is 1. The standard InChI is InChI=1S/C20H28N4O2/c1-26-19-8-6-17(7-9-19)4-2-10-22-20(25)24-12-3-5-18(15-24)14-23-13-11-21-16-23/h6-9,11,13,16,18H,2-5,10,12,14-15H2,1H3,(H,22,25)/t18-/m1/s1. The van der Waals surface area contributed by atoms with Crippen LogP contribution >= 0.6 is 0 Å². The van der Waals surface area contributed by atoms with Gasteiger partial charge in [-0.2, -0.15) is 0 Å². The van der Waals surface area contributed by atoms with Crippen LogP contribution < -0.4 is 10.1 Å². The van der Waals surface area contributed by atoms with Crippen LogP contribution in [0.4, 0.5) is 4.79 Å². The molecule has 1 aliphatic rings. The molecule has 0 bridgehead atoms. The van der Waals surface area contributed by atoms with Gasteiger partial charge in [0, 0.05) is 38.6 Å². The minimum atomic E-state index is 0.0649. The zero-order valence-corrected chi connectivity index (χ0v) is 15.4. The predicted molar refractivity (Wildman–Crippen MR) is 101 cm³/mol. The van der Waals surface area contributed by atoms with Crippen molar-refractivity contribution in [3.05, 3.63) is 48.5 Å². The molecule has 26 heavy (non-hydrogen) atoms. The number of hydrogen-bond acceptors (Lipinski definition) is 3. The van der Waals surface area contributed by atoms with Crippen LogP contribution in [-0.4, -0.2) is 47.2 Å². The smallest absolute Gasteiger partial charge is 0.317 e. The Labute approximate surface area is 155 Å². The highest BCUT2D eigenvalue weighted by atomic mass is 16.5. The van der Waals surface area contributed by atoms with Crippen LogP contribution in [-0.2, 0) is 13.0 Å². The molecular formula is C20H28N4O2. The quantitative estimate of drug-likeness (QED) is 0.776. The van der Waals surface area contributed by atoms with E-state index in [2.05, 4.69) is 27.0 Å². The second-order valence-corrected chi connectivity index (χ2v) is 6.90. The number of nitrogens with zero attached hydrogens (tertiary/aromatic N) is 3. The number of hydrogen-bond donors (Lipinski definition) is 1. The summed E-state index contributed by atoms with van der Waals surface area (Å²) in [5.41, 5.74) is 1.26. The molecule has 1 aliphatic heterocycles. The van der Waals surface area contributed by atoms with Gasteiger partial charge in [0.1, 0.15) is 5.75 Å². The number of amides is 2. The van der Waals surface area contributed by atoms with Gasteiger partial charge in [-0.15, -0.1) is 0 Å². The van der Waals surface area contributed by atoms with Crippen LogP contribution in [0.15, 0.2) is 43.0 Å². The topological polar surface area (TPSA) is 59.4 Å². The molecule has 6 nitrogen and oxygen atoms in total. The van der Waals surface area contributed by atoms with Gasteiger partial charge in [0.05, 0.1) is 13.4 Å². The Hall–Kier alpha value is -2.50. The van der Waals surface area contributed by atoms with Gasteiger partial charge in [-0.1, -0.05) is 12.1 Å². The summed E-state index contributed by atoms with van der Waals surface area (Å²) in [5, 5.41) is 3.07. The lowest BCUT2D eigenvalue weighted by molar-refractivity contribution is 0.159. The lowest BCUT2D eigenvalue weighted by Crippen LogP contribution is -2.46. The van der Waals surface area contributed by atoms with E-state index in [1.807, 2.05) is 29.6 Å². The van der Waals surface area contributed by atoms with Crippen LogP contribution in [0.3, 0.4) is 0 Å². The maximum atomic E-state index is 12.4. The molecule has 0 unspecified atom stereocenters. The van der Waals surface area contributed by atoms with E-state index in [1.54, 1.807) is 13.3 Å². The SMILES string of the molecule is COc1ccc(CCCNC(=O)N2CCC[C@H](Cn3ccnc3)C2)cc1. The molecule has 1 aromatic carbocycles. The molecule has 3 rings (SSSR count). The predicted octanol–water partition coefficient (Wildman–Crippen LogP) is 2.95.